The number of nitrogens with zero attached hydrogens (tertiary/aromatic N) is 1. The summed E-state index contributed by atoms with van der Waals surface area (Å²) in [5.41, 5.74) is 2.45. The average molecular weight is 380 g/mol. The van der Waals surface area contributed by atoms with E-state index in [1.807, 2.05) is 0 Å². The molecule has 2 aromatic carbocycles. The van der Waals surface area contributed by atoms with Gasteiger partial charge in [0.25, 0.3) is 5.69 Å². The number of non-ortho nitro benzene ring substituents is 1. The predicted octanol–water partition coefficient (Wildman–Crippen LogP) is 3.74. The van der Waals surface area contributed by atoms with E-state index in [4.69, 9.17) is 0 Å². The molecular formula is C21H17FN2O4. The molecular weight excluding hydrogens is 363 g/mol. The van der Waals surface area contributed by atoms with Gasteiger partial charge in [0.05, 0.1) is 4.92 Å². The number of carbonyl (C=O) groups excluding carboxylic acids is 2. The molecule has 2 aromatic rings. The number of carbonyl (C=O) groups is 2. The van der Waals surface area contributed by atoms with E-state index in [1.165, 1.54) is 24.3 Å². The fourth-order valence-electron chi connectivity index (χ4n) is 4.07. The van der Waals surface area contributed by atoms with Crippen LogP contribution < -0.4 is 5.32 Å². The van der Waals surface area contributed by atoms with Crippen LogP contribution in [0.25, 0.3) is 0 Å². The quantitative estimate of drug-likeness (QED) is 0.649. The van der Waals surface area contributed by atoms with Crippen LogP contribution in [-0.4, -0.2) is 16.6 Å². The lowest BCUT2D eigenvalue weighted by atomic mass is 9.73. The molecule has 7 heteroatoms. The molecule has 2 atom stereocenters. The number of Topliss-reactive ketones (excluding diaryl/α,β-unsaturated/α-hetero) is 1. The first-order valence-electron chi connectivity index (χ1n) is 8.98. The molecule has 0 saturated heterocycles. The molecule has 0 fully saturated rings. The molecule has 2 aliphatic rings. The average Bonchev–Trinajstić information content (AvgIpc) is 2.67. The van der Waals surface area contributed by atoms with Gasteiger partial charge >= 0.3 is 0 Å². The zero-order valence-corrected chi connectivity index (χ0v) is 14.9. The van der Waals surface area contributed by atoms with Crippen LogP contribution in [0.1, 0.15) is 42.2 Å². The Morgan fingerprint density at radius 3 is 2.46 bits per heavy atom. The number of nitro groups is 1. The molecule has 0 spiro atoms. The van der Waals surface area contributed by atoms with Crippen LogP contribution in [0.4, 0.5) is 10.1 Å². The molecule has 0 unspecified atom stereocenters. The third kappa shape index (κ3) is 3.31. The van der Waals surface area contributed by atoms with Crippen molar-refractivity contribution in [3.63, 3.8) is 0 Å². The minimum Gasteiger partial charge on any atom is -0.329 e. The summed E-state index contributed by atoms with van der Waals surface area (Å²) >= 11 is 0. The summed E-state index contributed by atoms with van der Waals surface area (Å²) < 4.78 is 13.2. The summed E-state index contributed by atoms with van der Waals surface area (Å²) in [5.74, 6) is -1.29. The van der Waals surface area contributed by atoms with E-state index in [2.05, 4.69) is 5.32 Å². The van der Waals surface area contributed by atoms with Crippen molar-refractivity contribution in [2.45, 2.75) is 31.1 Å². The Morgan fingerprint density at radius 2 is 1.75 bits per heavy atom. The van der Waals surface area contributed by atoms with Crippen LogP contribution in [0.15, 0.2) is 59.8 Å². The van der Waals surface area contributed by atoms with Crippen molar-refractivity contribution in [3.05, 3.63) is 86.9 Å². The number of benzene rings is 2. The Morgan fingerprint density at radius 1 is 1.00 bits per heavy atom. The van der Waals surface area contributed by atoms with E-state index in [0.717, 1.165) is 5.56 Å². The Hall–Kier alpha value is -3.35. The van der Waals surface area contributed by atoms with Gasteiger partial charge in [-0.25, -0.2) is 4.39 Å². The van der Waals surface area contributed by atoms with Crippen molar-refractivity contribution in [2.24, 2.45) is 0 Å². The summed E-state index contributed by atoms with van der Waals surface area (Å²) in [5, 5.41) is 13.9. The number of amides is 1. The number of halogens is 1. The highest BCUT2D eigenvalue weighted by atomic mass is 19.1. The number of allylic oxidation sites excluding steroid dienone is 2. The molecule has 0 aromatic heterocycles. The summed E-state index contributed by atoms with van der Waals surface area (Å²) in [6.07, 6.45) is 0.794. The van der Waals surface area contributed by atoms with Crippen LogP contribution >= 0.6 is 0 Å². The first-order valence-corrected chi connectivity index (χ1v) is 8.98. The summed E-state index contributed by atoms with van der Waals surface area (Å²) in [6.45, 7) is 0. The van der Waals surface area contributed by atoms with E-state index >= 15 is 0 Å². The van der Waals surface area contributed by atoms with Gasteiger partial charge in [-0.1, -0.05) is 24.3 Å². The SMILES string of the molecule is O=C1C[C@@H](c2cccc([N+](=O)[O-])c2)C2=C(C[C@H](c3ccc(F)cc3)CC2=O)N1. The Labute approximate surface area is 160 Å². The second-order valence-corrected chi connectivity index (χ2v) is 7.13. The minimum absolute atomic E-state index is 0.0712. The van der Waals surface area contributed by atoms with Crippen LogP contribution in [-0.2, 0) is 9.59 Å². The van der Waals surface area contributed by atoms with Gasteiger partial charge in [0.1, 0.15) is 5.82 Å². The fraction of sp³-hybridized carbons (Fsp3) is 0.238. The molecule has 1 N–H and O–H groups in total. The molecule has 0 saturated carbocycles. The molecule has 0 bridgehead atoms. The molecule has 1 amide bonds. The predicted molar refractivity (Wildman–Crippen MR) is 99.0 cm³/mol. The lowest BCUT2D eigenvalue weighted by molar-refractivity contribution is -0.384. The monoisotopic (exact) mass is 380 g/mol. The van der Waals surface area contributed by atoms with Crippen LogP contribution in [0.5, 0.6) is 0 Å². The van der Waals surface area contributed by atoms with Gasteiger partial charge < -0.3 is 5.32 Å². The maximum atomic E-state index is 13.2. The van der Waals surface area contributed by atoms with Gasteiger partial charge in [-0.15, -0.1) is 0 Å². The Bertz CT molecular complexity index is 1010. The molecule has 4 rings (SSSR count). The van der Waals surface area contributed by atoms with Gasteiger partial charge in [-0.05, 0) is 35.6 Å². The standard InChI is InChI=1S/C21H17FN2O4/c22-15-6-4-12(5-7-15)14-9-18-21(19(25)10-14)17(11-20(26)23-18)13-2-1-3-16(8-13)24(27)28/h1-8,14,17H,9-11H2,(H,23,26)/t14-,17-/m0/s1. The highest BCUT2D eigenvalue weighted by molar-refractivity contribution is 6.02. The highest BCUT2D eigenvalue weighted by Crippen LogP contribution is 2.42. The largest absolute Gasteiger partial charge is 0.329 e. The number of nitrogens with one attached hydrogen (secondary N) is 1. The summed E-state index contributed by atoms with van der Waals surface area (Å²) in [4.78, 5) is 35.8. The minimum atomic E-state index is -0.495. The van der Waals surface area contributed by atoms with Crippen LogP contribution in [0.2, 0.25) is 0 Å². The first kappa shape index (κ1) is 18.0. The molecule has 6 nitrogen and oxygen atoms in total. The number of hydrogen-bond donors (Lipinski definition) is 1. The number of rotatable bonds is 3. The van der Waals surface area contributed by atoms with Crippen molar-refractivity contribution in [3.8, 4) is 0 Å². The lowest BCUT2D eigenvalue weighted by Crippen LogP contribution is -2.38. The number of ketones is 1. The molecule has 28 heavy (non-hydrogen) atoms. The topological polar surface area (TPSA) is 89.3 Å². The Kier molecular flexibility index (Phi) is 4.50. The molecule has 1 aliphatic heterocycles. The summed E-state index contributed by atoms with van der Waals surface area (Å²) in [6, 6.07) is 12.1. The number of nitro benzene ring substituents is 1. The lowest BCUT2D eigenvalue weighted by Gasteiger charge is -2.34. The third-order valence-corrected chi connectivity index (χ3v) is 5.36. The molecule has 1 heterocycles. The molecule has 0 radical (unpaired) electrons. The zero-order valence-electron chi connectivity index (χ0n) is 14.9. The number of hydrogen-bond acceptors (Lipinski definition) is 4. The maximum Gasteiger partial charge on any atom is 0.269 e. The van der Waals surface area contributed by atoms with Gasteiger partial charge in [-0.3, -0.25) is 19.7 Å². The van der Waals surface area contributed by atoms with Gasteiger partial charge in [0.2, 0.25) is 5.91 Å². The zero-order chi connectivity index (χ0) is 19.8. The second-order valence-electron chi connectivity index (χ2n) is 7.13. The van der Waals surface area contributed by atoms with Gasteiger partial charge in [-0.2, -0.15) is 0 Å². The maximum absolute atomic E-state index is 13.2. The fourth-order valence-corrected chi connectivity index (χ4v) is 4.07. The van der Waals surface area contributed by atoms with Crippen molar-refractivity contribution >= 4 is 17.4 Å². The van der Waals surface area contributed by atoms with Crippen molar-refractivity contribution < 1.29 is 18.9 Å². The van der Waals surface area contributed by atoms with Gasteiger partial charge in [0.15, 0.2) is 5.78 Å². The van der Waals surface area contributed by atoms with Crippen molar-refractivity contribution in [1.82, 2.24) is 5.32 Å². The van der Waals surface area contributed by atoms with E-state index in [0.29, 0.717) is 23.3 Å². The van der Waals surface area contributed by atoms with Crippen molar-refractivity contribution in [1.29, 1.82) is 0 Å². The normalized spacial score (nSPS) is 21.9. The van der Waals surface area contributed by atoms with Gasteiger partial charge in [0, 0.05) is 42.2 Å². The Balaban J connectivity index is 1.71. The van der Waals surface area contributed by atoms with Crippen LogP contribution in [0.3, 0.4) is 0 Å². The van der Waals surface area contributed by atoms with Crippen LogP contribution in [0, 0.1) is 15.9 Å². The van der Waals surface area contributed by atoms with E-state index in [1.54, 1.807) is 24.3 Å². The van der Waals surface area contributed by atoms with E-state index < -0.39 is 10.8 Å². The second kappa shape index (κ2) is 6.99. The molecule has 1 aliphatic carbocycles. The first-order chi connectivity index (χ1) is 13.4. The van der Waals surface area contributed by atoms with Crippen molar-refractivity contribution in [2.75, 3.05) is 0 Å². The summed E-state index contributed by atoms with van der Waals surface area (Å²) in [7, 11) is 0. The highest BCUT2D eigenvalue weighted by Gasteiger charge is 2.38. The van der Waals surface area contributed by atoms with E-state index in [9.17, 15) is 24.1 Å². The van der Waals surface area contributed by atoms with E-state index in [-0.39, 0.29) is 42.0 Å². The third-order valence-electron chi connectivity index (χ3n) is 5.36. The smallest absolute Gasteiger partial charge is 0.269 e. The molecule has 142 valence electrons.